The Morgan fingerprint density at radius 2 is 1.93 bits per heavy atom. The van der Waals surface area contributed by atoms with Crippen LogP contribution in [0.25, 0.3) is 0 Å². The monoisotopic (exact) mass is 430 g/mol. The quantitative estimate of drug-likeness (QED) is 0.450. The predicted octanol–water partition coefficient (Wildman–Crippen LogP) is 4.35. The Bertz CT molecular complexity index is 730. The zero-order valence-electron chi connectivity index (χ0n) is 16.3. The Balaban J connectivity index is 1.98. The second kappa shape index (κ2) is 10.7. The maximum absolute atomic E-state index is 12.6. The molecule has 1 aliphatic rings. The van der Waals surface area contributed by atoms with Crippen LogP contribution in [0.5, 0.6) is 0 Å². The first kappa shape index (κ1) is 22.6. The summed E-state index contributed by atoms with van der Waals surface area (Å²) in [4.78, 5) is 13.0. The minimum Gasteiger partial charge on any atom is -0.325 e. The van der Waals surface area contributed by atoms with Crippen LogP contribution in [-0.2, 0) is 14.8 Å². The topological polar surface area (TPSA) is 75.3 Å². The van der Waals surface area contributed by atoms with Crippen LogP contribution < -0.4 is 10.0 Å². The number of sulfonamides is 1. The average Bonchev–Trinajstić information content (AvgIpc) is 2.66. The number of benzene rings is 1. The Morgan fingerprint density at radius 3 is 2.56 bits per heavy atom. The molecule has 1 aromatic rings. The maximum Gasteiger partial charge on any atom is 0.240 e. The van der Waals surface area contributed by atoms with E-state index < -0.39 is 10.0 Å². The molecule has 1 aliphatic carbocycles. The number of hydrogen-bond donors (Lipinski definition) is 2. The molecule has 0 spiro atoms. The molecule has 0 radical (unpaired) electrons. The summed E-state index contributed by atoms with van der Waals surface area (Å²) in [5.74, 6) is 0.482. The number of thioether (sulfide) groups is 2. The van der Waals surface area contributed by atoms with Gasteiger partial charge in [0, 0.05) is 28.4 Å². The molecule has 152 valence electrons. The Kier molecular flexibility index (Phi) is 8.98. The summed E-state index contributed by atoms with van der Waals surface area (Å²) in [6.07, 6.45) is 8.28. The van der Waals surface area contributed by atoms with Crippen molar-refractivity contribution < 1.29 is 13.2 Å². The fourth-order valence-electron chi connectivity index (χ4n) is 2.95. The predicted molar refractivity (Wildman–Crippen MR) is 116 cm³/mol. The summed E-state index contributed by atoms with van der Waals surface area (Å²) in [5.41, 5.74) is 0.542. The second-order valence-corrected chi connectivity index (χ2v) is 11.1. The van der Waals surface area contributed by atoms with Crippen molar-refractivity contribution in [1.29, 1.82) is 0 Å². The number of anilines is 1. The maximum atomic E-state index is 12.6. The minimum absolute atomic E-state index is 0.128. The van der Waals surface area contributed by atoms with Crippen molar-refractivity contribution in [2.45, 2.75) is 61.0 Å². The summed E-state index contributed by atoms with van der Waals surface area (Å²) in [6.45, 7) is 4.03. The van der Waals surface area contributed by atoms with Gasteiger partial charge in [-0.2, -0.15) is 11.8 Å². The average molecular weight is 431 g/mol. The van der Waals surface area contributed by atoms with E-state index in [9.17, 15) is 13.2 Å². The third kappa shape index (κ3) is 7.00. The molecule has 2 rings (SSSR count). The number of rotatable bonds is 9. The Morgan fingerprint density at radius 1 is 1.22 bits per heavy atom. The van der Waals surface area contributed by atoms with E-state index in [1.165, 1.54) is 43.9 Å². The normalized spacial score (nSPS) is 15.9. The third-order valence-corrected chi connectivity index (χ3v) is 8.20. The van der Waals surface area contributed by atoms with E-state index in [-0.39, 0.29) is 16.7 Å². The van der Waals surface area contributed by atoms with Crippen molar-refractivity contribution in [2.75, 3.05) is 23.9 Å². The molecule has 27 heavy (non-hydrogen) atoms. The lowest BCUT2D eigenvalue weighted by molar-refractivity contribution is -0.118. The fourth-order valence-corrected chi connectivity index (χ4v) is 5.89. The van der Waals surface area contributed by atoms with Crippen molar-refractivity contribution >= 4 is 45.1 Å². The van der Waals surface area contributed by atoms with Gasteiger partial charge in [0.25, 0.3) is 0 Å². The van der Waals surface area contributed by atoms with Gasteiger partial charge in [-0.05, 0) is 37.3 Å². The molecule has 1 amide bonds. The van der Waals surface area contributed by atoms with Crippen molar-refractivity contribution in [3.05, 3.63) is 18.2 Å². The van der Waals surface area contributed by atoms with Crippen LogP contribution in [0.2, 0.25) is 0 Å². The van der Waals surface area contributed by atoms with Gasteiger partial charge in [-0.25, -0.2) is 13.1 Å². The summed E-state index contributed by atoms with van der Waals surface area (Å²) >= 11 is 3.34. The number of nitrogens with one attached hydrogen (secondary N) is 2. The van der Waals surface area contributed by atoms with Crippen molar-refractivity contribution in [1.82, 2.24) is 4.72 Å². The number of carbonyl (C=O) groups is 1. The van der Waals surface area contributed by atoms with E-state index in [0.717, 1.165) is 10.6 Å². The molecule has 8 heteroatoms. The summed E-state index contributed by atoms with van der Waals surface area (Å²) < 4.78 is 27.9. The van der Waals surface area contributed by atoms with Crippen molar-refractivity contribution in [3.63, 3.8) is 0 Å². The molecule has 0 aromatic heterocycles. The van der Waals surface area contributed by atoms with Gasteiger partial charge in [0.1, 0.15) is 0 Å². The molecular formula is C19H30N2O3S3. The number of hydrogen-bond acceptors (Lipinski definition) is 5. The largest absolute Gasteiger partial charge is 0.325 e. The van der Waals surface area contributed by atoms with E-state index in [0.29, 0.717) is 17.5 Å². The van der Waals surface area contributed by atoms with Gasteiger partial charge in [0.05, 0.1) is 10.6 Å². The van der Waals surface area contributed by atoms with Crippen LogP contribution in [0, 0.1) is 5.92 Å². The smallest absolute Gasteiger partial charge is 0.240 e. The highest BCUT2D eigenvalue weighted by Crippen LogP contribution is 2.29. The zero-order valence-corrected chi connectivity index (χ0v) is 18.7. The summed E-state index contributed by atoms with van der Waals surface area (Å²) in [7, 11) is -3.59. The summed E-state index contributed by atoms with van der Waals surface area (Å²) in [5, 5.41) is 3.50. The lowest BCUT2D eigenvalue weighted by Crippen LogP contribution is -2.27. The fraction of sp³-hybridized carbons (Fsp3) is 0.632. The van der Waals surface area contributed by atoms with Gasteiger partial charge < -0.3 is 5.32 Å². The van der Waals surface area contributed by atoms with Crippen LogP contribution in [0.1, 0.15) is 46.0 Å². The molecule has 2 N–H and O–H groups in total. The zero-order chi connectivity index (χ0) is 19.9. The first-order valence-electron chi connectivity index (χ1n) is 9.43. The van der Waals surface area contributed by atoms with Crippen molar-refractivity contribution in [3.8, 4) is 0 Å². The molecule has 5 nitrogen and oxygen atoms in total. The first-order valence-corrected chi connectivity index (χ1v) is 13.2. The van der Waals surface area contributed by atoms with Crippen LogP contribution in [0.4, 0.5) is 5.69 Å². The molecule has 0 aliphatic heterocycles. The standard InChI is InChI=1S/C19H30N2O3S3/c1-14(2)19(22)21-17-13-16(9-10-18(17)25-3)27(23,24)20-11-12-26-15-7-5-4-6-8-15/h9-10,13-15,20H,4-8,11-12H2,1-3H3,(H,21,22). The van der Waals surface area contributed by atoms with E-state index in [1.807, 2.05) is 18.0 Å². The molecule has 0 unspecified atom stereocenters. The highest BCUT2D eigenvalue weighted by atomic mass is 32.2. The minimum atomic E-state index is -3.59. The van der Waals surface area contributed by atoms with Gasteiger partial charge in [0.15, 0.2) is 0 Å². The molecule has 0 atom stereocenters. The van der Waals surface area contributed by atoms with Crippen LogP contribution in [0.15, 0.2) is 28.0 Å². The molecule has 1 aromatic carbocycles. The third-order valence-electron chi connectivity index (χ3n) is 4.56. The SMILES string of the molecule is CSc1ccc(S(=O)(=O)NCCSC2CCCCC2)cc1NC(=O)C(C)C. The van der Waals surface area contributed by atoms with E-state index in [1.54, 1.807) is 32.0 Å². The molecule has 0 bridgehead atoms. The molecule has 1 saturated carbocycles. The van der Waals surface area contributed by atoms with Gasteiger partial charge in [-0.1, -0.05) is 33.1 Å². The van der Waals surface area contributed by atoms with Gasteiger partial charge in [-0.3, -0.25) is 4.79 Å². The highest BCUT2D eigenvalue weighted by Gasteiger charge is 2.18. The van der Waals surface area contributed by atoms with Crippen LogP contribution in [0.3, 0.4) is 0 Å². The molecule has 0 saturated heterocycles. The van der Waals surface area contributed by atoms with Gasteiger partial charge >= 0.3 is 0 Å². The van der Waals surface area contributed by atoms with E-state index >= 15 is 0 Å². The van der Waals surface area contributed by atoms with E-state index in [4.69, 9.17) is 0 Å². The summed E-state index contributed by atoms with van der Waals surface area (Å²) in [6, 6.07) is 4.88. The Hall–Kier alpha value is -0.700. The number of amides is 1. The van der Waals surface area contributed by atoms with Gasteiger partial charge in [-0.15, -0.1) is 11.8 Å². The lowest BCUT2D eigenvalue weighted by atomic mass is 10.0. The van der Waals surface area contributed by atoms with Crippen molar-refractivity contribution in [2.24, 2.45) is 5.92 Å². The Labute approximate surface area is 171 Å². The number of carbonyl (C=O) groups excluding carboxylic acids is 1. The second-order valence-electron chi connectivity index (χ2n) is 7.03. The van der Waals surface area contributed by atoms with Crippen LogP contribution >= 0.6 is 23.5 Å². The molecule has 0 heterocycles. The molecular weight excluding hydrogens is 400 g/mol. The van der Waals surface area contributed by atoms with Crippen LogP contribution in [-0.4, -0.2) is 38.1 Å². The van der Waals surface area contributed by atoms with E-state index in [2.05, 4.69) is 10.0 Å². The lowest BCUT2D eigenvalue weighted by Gasteiger charge is -2.20. The van der Waals surface area contributed by atoms with Gasteiger partial charge in [0.2, 0.25) is 15.9 Å². The first-order chi connectivity index (χ1) is 12.8. The molecule has 1 fully saturated rings. The highest BCUT2D eigenvalue weighted by molar-refractivity contribution is 8.00.